The van der Waals surface area contributed by atoms with Crippen molar-refractivity contribution in [1.82, 2.24) is 0 Å². The van der Waals surface area contributed by atoms with Gasteiger partial charge in [-0.15, -0.1) is 0 Å². The van der Waals surface area contributed by atoms with E-state index in [1.165, 1.54) is 12.1 Å². The number of benzene rings is 2. The van der Waals surface area contributed by atoms with Gasteiger partial charge < -0.3 is 4.74 Å². The van der Waals surface area contributed by atoms with Crippen LogP contribution >= 0.6 is 0 Å². The maximum Gasteiger partial charge on any atom is 0.416 e. The van der Waals surface area contributed by atoms with Gasteiger partial charge in [0.1, 0.15) is 0 Å². The average Bonchev–Trinajstić information content (AvgIpc) is 2.34. The second kappa shape index (κ2) is 5.07. The third-order valence-electron chi connectivity index (χ3n) is 2.37. The highest BCUT2D eigenvalue weighted by Crippen LogP contribution is 2.35. The van der Waals surface area contributed by atoms with E-state index in [9.17, 15) is 26.3 Å². The lowest BCUT2D eigenvalue weighted by atomic mass is 10.2. The molecule has 0 heterocycles. The molecule has 0 radical (unpaired) electrons. The van der Waals surface area contributed by atoms with E-state index in [0.717, 1.165) is 12.1 Å². The van der Waals surface area contributed by atoms with Crippen LogP contribution in [-0.2, 0) is 6.18 Å². The topological polar surface area (TPSA) is 9.23 Å². The molecule has 2 rings (SSSR count). The van der Waals surface area contributed by atoms with E-state index in [0.29, 0.717) is 0 Å². The van der Waals surface area contributed by atoms with Crippen LogP contribution in [0.25, 0.3) is 0 Å². The maximum absolute atomic E-state index is 13.5. The van der Waals surface area contributed by atoms with Crippen LogP contribution in [0, 0.1) is 17.5 Å². The molecule has 0 aliphatic carbocycles. The second-order valence-corrected chi connectivity index (χ2v) is 3.80. The molecule has 0 aliphatic rings. The Morgan fingerprint density at radius 2 is 1.35 bits per heavy atom. The molecule has 2 aromatic rings. The fourth-order valence-corrected chi connectivity index (χ4v) is 1.46. The van der Waals surface area contributed by atoms with E-state index in [2.05, 4.69) is 4.74 Å². The third kappa shape index (κ3) is 2.87. The van der Waals surface area contributed by atoms with Gasteiger partial charge in [-0.05, 0) is 24.3 Å². The number of para-hydroxylation sites is 1. The summed E-state index contributed by atoms with van der Waals surface area (Å²) in [6, 6.07) is 4.90. The Kier molecular flexibility index (Phi) is 3.61. The maximum atomic E-state index is 13.5. The van der Waals surface area contributed by atoms with Crippen LogP contribution in [0.3, 0.4) is 0 Å². The number of hydrogen-bond acceptors (Lipinski definition) is 1. The van der Waals surface area contributed by atoms with Gasteiger partial charge in [-0.1, -0.05) is 12.1 Å². The lowest BCUT2D eigenvalue weighted by Gasteiger charge is -2.11. The molecule has 0 amide bonds. The monoisotopic (exact) mass is 292 g/mol. The van der Waals surface area contributed by atoms with Crippen molar-refractivity contribution in [3.8, 4) is 11.5 Å². The molecular formula is C13H6F6O. The van der Waals surface area contributed by atoms with E-state index < -0.39 is 40.7 Å². The molecule has 106 valence electrons. The lowest BCUT2D eigenvalue weighted by Crippen LogP contribution is -2.07. The molecule has 0 aromatic heterocycles. The van der Waals surface area contributed by atoms with Gasteiger partial charge in [-0.2, -0.15) is 13.2 Å². The molecule has 0 saturated carbocycles. The van der Waals surface area contributed by atoms with Crippen LogP contribution in [0.4, 0.5) is 26.3 Å². The van der Waals surface area contributed by atoms with Crippen molar-refractivity contribution in [1.29, 1.82) is 0 Å². The summed E-state index contributed by atoms with van der Waals surface area (Å²) >= 11 is 0. The van der Waals surface area contributed by atoms with E-state index in [1.807, 2.05) is 0 Å². The van der Waals surface area contributed by atoms with Gasteiger partial charge in [0.05, 0.1) is 5.56 Å². The zero-order valence-electron chi connectivity index (χ0n) is 9.64. The zero-order chi connectivity index (χ0) is 14.9. The molecule has 20 heavy (non-hydrogen) atoms. The van der Waals surface area contributed by atoms with Crippen molar-refractivity contribution in [2.45, 2.75) is 6.18 Å². The quantitative estimate of drug-likeness (QED) is 0.714. The van der Waals surface area contributed by atoms with Gasteiger partial charge in [0, 0.05) is 0 Å². The van der Waals surface area contributed by atoms with Gasteiger partial charge in [-0.3, -0.25) is 0 Å². The van der Waals surface area contributed by atoms with Gasteiger partial charge in [0.15, 0.2) is 29.0 Å². The molecule has 7 heteroatoms. The smallest absolute Gasteiger partial charge is 0.416 e. The summed E-state index contributed by atoms with van der Waals surface area (Å²) in [6.45, 7) is 0. The van der Waals surface area contributed by atoms with Crippen molar-refractivity contribution < 1.29 is 31.1 Å². The molecule has 0 N–H and O–H groups in total. The Morgan fingerprint density at radius 1 is 0.800 bits per heavy atom. The van der Waals surface area contributed by atoms with Gasteiger partial charge in [-0.25, -0.2) is 13.2 Å². The zero-order valence-corrected chi connectivity index (χ0v) is 9.64. The third-order valence-corrected chi connectivity index (χ3v) is 2.37. The summed E-state index contributed by atoms with van der Waals surface area (Å²) in [5, 5.41) is 0. The van der Waals surface area contributed by atoms with Crippen LogP contribution in [0.15, 0.2) is 36.4 Å². The summed E-state index contributed by atoms with van der Waals surface area (Å²) in [7, 11) is 0. The lowest BCUT2D eigenvalue weighted by molar-refractivity contribution is -0.138. The molecular weight excluding hydrogens is 286 g/mol. The Labute approximate surface area is 109 Å². The number of hydrogen-bond donors (Lipinski definition) is 0. The number of halogens is 6. The summed E-state index contributed by atoms with van der Waals surface area (Å²) in [6.07, 6.45) is -4.89. The Morgan fingerprint density at radius 3 is 1.85 bits per heavy atom. The van der Waals surface area contributed by atoms with Crippen molar-refractivity contribution in [3.05, 3.63) is 59.4 Å². The first-order valence-electron chi connectivity index (χ1n) is 5.27. The molecule has 0 fully saturated rings. The highest BCUT2D eigenvalue weighted by molar-refractivity contribution is 5.37. The minimum atomic E-state index is -4.89. The van der Waals surface area contributed by atoms with Crippen LogP contribution in [0.5, 0.6) is 11.5 Å². The summed E-state index contributed by atoms with van der Waals surface area (Å²) in [5.41, 5.74) is -1.49. The summed E-state index contributed by atoms with van der Waals surface area (Å²) in [4.78, 5) is 0. The van der Waals surface area contributed by atoms with Gasteiger partial charge in [0.25, 0.3) is 0 Å². The van der Waals surface area contributed by atoms with E-state index in [4.69, 9.17) is 0 Å². The van der Waals surface area contributed by atoms with Crippen LogP contribution in [0.1, 0.15) is 5.56 Å². The van der Waals surface area contributed by atoms with Crippen LogP contribution in [0.2, 0.25) is 0 Å². The van der Waals surface area contributed by atoms with Crippen molar-refractivity contribution >= 4 is 0 Å². The van der Waals surface area contributed by atoms with E-state index in [1.54, 1.807) is 0 Å². The summed E-state index contributed by atoms with van der Waals surface area (Å²) in [5.74, 6) is -5.62. The first kappa shape index (κ1) is 14.2. The predicted octanol–water partition coefficient (Wildman–Crippen LogP) is 4.92. The normalized spacial score (nSPS) is 11.5. The molecule has 0 atom stereocenters. The Bertz CT molecular complexity index is 612. The fourth-order valence-electron chi connectivity index (χ4n) is 1.46. The average molecular weight is 292 g/mol. The number of rotatable bonds is 2. The predicted molar refractivity (Wildman–Crippen MR) is 57.8 cm³/mol. The highest BCUT2D eigenvalue weighted by Gasteiger charge is 2.33. The summed E-state index contributed by atoms with van der Waals surface area (Å²) < 4.78 is 81.9. The largest absolute Gasteiger partial charge is 0.448 e. The van der Waals surface area contributed by atoms with Crippen molar-refractivity contribution in [2.75, 3.05) is 0 Å². The van der Waals surface area contributed by atoms with Gasteiger partial charge in [0.2, 0.25) is 0 Å². The van der Waals surface area contributed by atoms with Crippen molar-refractivity contribution in [2.24, 2.45) is 0 Å². The molecule has 0 spiro atoms. The molecule has 0 unspecified atom stereocenters. The minimum absolute atomic E-state index is 0.0826. The first-order chi connectivity index (χ1) is 9.29. The fraction of sp³-hybridized carbons (Fsp3) is 0.0769. The number of alkyl halides is 3. The van der Waals surface area contributed by atoms with Crippen LogP contribution < -0.4 is 4.74 Å². The molecule has 0 saturated heterocycles. The van der Waals surface area contributed by atoms with Gasteiger partial charge >= 0.3 is 6.18 Å². The molecule has 1 nitrogen and oxygen atoms in total. The molecule has 0 aliphatic heterocycles. The molecule has 2 aromatic carbocycles. The highest BCUT2D eigenvalue weighted by atomic mass is 19.4. The Balaban J connectivity index is 2.42. The number of ether oxygens (including phenoxy) is 1. The van der Waals surface area contributed by atoms with E-state index in [-0.39, 0.29) is 12.1 Å². The first-order valence-corrected chi connectivity index (χ1v) is 5.27. The SMILES string of the molecule is Fc1ccccc1Oc1c(F)cc(C(F)(F)F)cc1F. The second-order valence-electron chi connectivity index (χ2n) is 3.80. The molecule has 0 bridgehead atoms. The van der Waals surface area contributed by atoms with Crippen LogP contribution in [-0.4, -0.2) is 0 Å². The Hall–Kier alpha value is -2.18. The van der Waals surface area contributed by atoms with E-state index >= 15 is 0 Å². The minimum Gasteiger partial charge on any atom is -0.448 e. The van der Waals surface area contributed by atoms with Crippen molar-refractivity contribution in [3.63, 3.8) is 0 Å². The standard InChI is InChI=1S/C13H6F6O/c14-8-3-1-2-4-11(8)20-12-9(15)5-7(6-10(12)16)13(17,18)19/h1-6H.